The number of methoxy groups -OCH3 is 1. The number of hydrogen-bond donors (Lipinski definition) is 1. The molecule has 1 aliphatic rings. The van der Waals surface area contributed by atoms with Crippen LogP contribution in [0.4, 0.5) is 0 Å². The van der Waals surface area contributed by atoms with Gasteiger partial charge in [-0.2, -0.15) is 0 Å². The Labute approximate surface area is 126 Å². The first-order valence-electron chi connectivity index (χ1n) is 7.33. The van der Waals surface area contributed by atoms with Gasteiger partial charge < -0.3 is 14.7 Å². The molecule has 0 unspecified atom stereocenters. The molecular formula is C17H25NO3. The van der Waals surface area contributed by atoms with Crippen molar-refractivity contribution >= 4 is 5.91 Å². The number of amides is 1. The van der Waals surface area contributed by atoms with E-state index in [0.717, 1.165) is 29.7 Å². The first-order chi connectivity index (χ1) is 9.69. The van der Waals surface area contributed by atoms with Gasteiger partial charge >= 0.3 is 0 Å². The minimum atomic E-state index is -0.883. The van der Waals surface area contributed by atoms with Crippen molar-refractivity contribution in [1.29, 1.82) is 0 Å². The maximum absolute atomic E-state index is 12.8. The summed E-state index contributed by atoms with van der Waals surface area (Å²) in [7, 11) is 3.40. The van der Waals surface area contributed by atoms with Crippen LogP contribution in [-0.2, 0) is 10.2 Å². The number of carbonyl (C=O) groups excluding carboxylic acids is 1. The van der Waals surface area contributed by atoms with Gasteiger partial charge in [0.1, 0.15) is 5.75 Å². The standard InChI is InChI=1S/C17H25NO3/c1-12-6-7-13(10-14(12)21-5)17(8-9-17)15(19)18(4)11-16(2,3)20/h6-7,10,20H,8-9,11H2,1-5H3. The zero-order chi connectivity index (χ0) is 15.8. The summed E-state index contributed by atoms with van der Waals surface area (Å²) in [4.78, 5) is 14.4. The van der Waals surface area contributed by atoms with Crippen molar-refractivity contribution in [1.82, 2.24) is 4.90 Å². The monoisotopic (exact) mass is 291 g/mol. The van der Waals surface area contributed by atoms with Gasteiger partial charge in [-0.05, 0) is 50.8 Å². The van der Waals surface area contributed by atoms with Crippen molar-refractivity contribution in [2.24, 2.45) is 0 Å². The zero-order valence-corrected chi connectivity index (χ0v) is 13.6. The Hall–Kier alpha value is -1.55. The molecule has 1 fully saturated rings. The van der Waals surface area contributed by atoms with Gasteiger partial charge in [0.2, 0.25) is 5.91 Å². The number of hydrogen-bond acceptors (Lipinski definition) is 3. The van der Waals surface area contributed by atoms with Crippen molar-refractivity contribution in [3.05, 3.63) is 29.3 Å². The Morgan fingerprint density at radius 1 is 1.43 bits per heavy atom. The van der Waals surface area contributed by atoms with Crippen LogP contribution in [0.25, 0.3) is 0 Å². The third-order valence-corrected chi connectivity index (χ3v) is 4.09. The molecule has 4 heteroatoms. The molecule has 1 aromatic carbocycles. The lowest BCUT2D eigenvalue weighted by Gasteiger charge is -2.29. The van der Waals surface area contributed by atoms with Crippen LogP contribution < -0.4 is 4.74 Å². The lowest BCUT2D eigenvalue weighted by Crippen LogP contribution is -2.44. The van der Waals surface area contributed by atoms with Crippen LogP contribution in [0.5, 0.6) is 5.75 Å². The number of rotatable bonds is 5. The molecule has 1 N–H and O–H groups in total. The average Bonchev–Trinajstić information content (AvgIpc) is 3.18. The summed E-state index contributed by atoms with van der Waals surface area (Å²) in [6.45, 7) is 5.75. The van der Waals surface area contributed by atoms with Crippen LogP contribution in [0.15, 0.2) is 18.2 Å². The molecule has 0 radical (unpaired) electrons. The lowest BCUT2D eigenvalue weighted by atomic mass is 9.92. The van der Waals surface area contributed by atoms with Gasteiger partial charge in [0.15, 0.2) is 0 Å². The van der Waals surface area contributed by atoms with E-state index in [2.05, 4.69) is 0 Å². The van der Waals surface area contributed by atoms with Gasteiger partial charge in [0.25, 0.3) is 0 Å². The first-order valence-corrected chi connectivity index (χ1v) is 7.33. The number of carbonyl (C=O) groups is 1. The van der Waals surface area contributed by atoms with E-state index in [9.17, 15) is 9.90 Å². The Morgan fingerprint density at radius 3 is 2.52 bits per heavy atom. The van der Waals surface area contributed by atoms with Gasteiger partial charge in [-0.3, -0.25) is 4.79 Å². The molecule has 4 nitrogen and oxygen atoms in total. The molecule has 21 heavy (non-hydrogen) atoms. The van der Waals surface area contributed by atoms with Crippen LogP contribution in [-0.4, -0.2) is 42.2 Å². The molecule has 0 bridgehead atoms. The smallest absolute Gasteiger partial charge is 0.233 e. The third-order valence-electron chi connectivity index (χ3n) is 4.09. The van der Waals surface area contributed by atoms with E-state index in [1.807, 2.05) is 25.1 Å². The second-order valence-electron chi connectivity index (χ2n) is 6.74. The Kier molecular flexibility index (Phi) is 4.02. The van der Waals surface area contributed by atoms with E-state index in [1.165, 1.54) is 0 Å². The fourth-order valence-corrected chi connectivity index (χ4v) is 2.89. The number of nitrogens with zero attached hydrogens (tertiary/aromatic N) is 1. The summed E-state index contributed by atoms with van der Waals surface area (Å²) in [5, 5.41) is 9.90. The highest BCUT2D eigenvalue weighted by Crippen LogP contribution is 2.50. The van der Waals surface area contributed by atoms with Crippen molar-refractivity contribution in [3.63, 3.8) is 0 Å². The molecule has 0 atom stereocenters. The fraction of sp³-hybridized carbons (Fsp3) is 0.588. The predicted octanol–water partition coefficient (Wildman–Crippen LogP) is 2.26. The second-order valence-corrected chi connectivity index (χ2v) is 6.74. The molecule has 1 aliphatic carbocycles. The minimum Gasteiger partial charge on any atom is -0.496 e. The van der Waals surface area contributed by atoms with Crippen LogP contribution in [0.3, 0.4) is 0 Å². The number of aryl methyl sites for hydroxylation is 1. The summed E-state index contributed by atoms with van der Waals surface area (Å²) in [6, 6.07) is 5.98. The van der Waals surface area contributed by atoms with Crippen LogP contribution >= 0.6 is 0 Å². The molecule has 0 spiro atoms. The molecule has 0 saturated heterocycles. The normalized spacial score (nSPS) is 16.5. The van der Waals surface area contributed by atoms with Gasteiger partial charge in [-0.25, -0.2) is 0 Å². The van der Waals surface area contributed by atoms with E-state index < -0.39 is 11.0 Å². The predicted molar refractivity (Wildman–Crippen MR) is 82.6 cm³/mol. The number of likely N-dealkylation sites (N-methyl/N-ethyl adjacent to an activating group) is 1. The van der Waals surface area contributed by atoms with E-state index in [1.54, 1.807) is 32.9 Å². The Bertz CT molecular complexity index is 541. The highest BCUT2D eigenvalue weighted by atomic mass is 16.5. The summed E-state index contributed by atoms with van der Waals surface area (Å²) in [6.07, 6.45) is 1.71. The molecule has 1 amide bonds. The SMILES string of the molecule is COc1cc(C2(C(=O)N(C)CC(C)(C)O)CC2)ccc1C. The molecule has 0 aromatic heterocycles. The molecule has 1 aromatic rings. The Morgan fingerprint density at radius 2 is 2.05 bits per heavy atom. The van der Waals surface area contributed by atoms with E-state index in [0.29, 0.717) is 6.54 Å². The van der Waals surface area contributed by atoms with Gasteiger partial charge in [0, 0.05) is 13.6 Å². The summed E-state index contributed by atoms with van der Waals surface area (Å²) < 4.78 is 5.36. The number of benzene rings is 1. The third kappa shape index (κ3) is 3.21. The van der Waals surface area contributed by atoms with Gasteiger partial charge in [-0.1, -0.05) is 12.1 Å². The number of aliphatic hydroxyl groups is 1. The zero-order valence-electron chi connectivity index (χ0n) is 13.6. The topological polar surface area (TPSA) is 49.8 Å². The minimum absolute atomic E-state index is 0.0792. The fourth-order valence-electron chi connectivity index (χ4n) is 2.89. The maximum Gasteiger partial charge on any atom is 0.233 e. The first kappa shape index (κ1) is 15.8. The van der Waals surface area contributed by atoms with Gasteiger partial charge in [0.05, 0.1) is 18.1 Å². The molecule has 0 heterocycles. The van der Waals surface area contributed by atoms with Crippen LogP contribution in [0.1, 0.15) is 37.8 Å². The highest BCUT2D eigenvalue weighted by molar-refractivity contribution is 5.91. The Balaban J connectivity index is 2.24. The lowest BCUT2D eigenvalue weighted by molar-refractivity contribution is -0.135. The molecule has 1 saturated carbocycles. The molecular weight excluding hydrogens is 266 g/mol. The molecule has 2 rings (SSSR count). The van der Waals surface area contributed by atoms with E-state index in [4.69, 9.17) is 4.74 Å². The van der Waals surface area contributed by atoms with Crippen LogP contribution in [0.2, 0.25) is 0 Å². The molecule has 116 valence electrons. The van der Waals surface area contributed by atoms with Crippen LogP contribution in [0, 0.1) is 6.92 Å². The summed E-state index contributed by atoms with van der Waals surface area (Å²) in [5.74, 6) is 0.896. The van der Waals surface area contributed by atoms with Crippen molar-refractivity contribution in [3.8, 4) is 5.75 Å². The van der Waals surface area contributed by atoms with Gasteiger partial charge in [-0.15, -0.1) is 0 Å². The summed E-state index contributed by atoms with van der Waals surface area (Å²) in [5.41, 5.74) is 0.763. The second kappa shape index (κ2) is 5.34. The van der Waals surface area contributed by atoms with Crippen molar-refractivity contribution in [2.75, 3.05) is 20.7 Å². The highest BCUT2D eigenvalue weighted by Gasteiger charge is 2.53. The van der Waals surface area contributed by atoms with E-state index in [-0.39, 0.29) is 5.91 Å². The number of ether oxygens (including phenoxy) is 1. The quantitative estimate of drug-likeness (QED) is 0.905. The average molecular weight is 291 g/mol. The maximum atomic E-state index is 12.8. The van der Waals surface area contributed by atoms with Crippen molar-refractivity contribution < 1.29 is 14.6 Å². The van der Waals surface area contributed by atoms with E-state index >= 15 is 0 Å². The largest absolute Gasteiger partial charge is 0.496 e. The molecule has 0 aliphatic heterocycles. The summed E-state index contributed by atoms with van der Waals surface area (Å²) >= 11 is 0. The van der Waals surface area contributed by atoms with Crippen molar-refractivity contribution in [2.45, 2.75) is 44.6 Å².